The predicted molar refractivity (Wildman–Crippen MR) is 65.2 cm³/mol. The molecule has 2 N–H and O–H groups in total. The number of anilines is 1. The largest absolute Gasteiger partial charge is 0.454 e. The highest BCUT2D eigenvalue weighted by Gasteiger charge is 2.06. The quantitative estimate of drug-likeness (QED) is 0.831. The molecule has 1 heterocycles. The van der Waals surface area contributed by atoms with Crippen molar-refractivity contribution in [3.63, 3.8) is 0 Å². The fourth-order valence-corrected chi connectivity index (χ4v) is 1.55. The zero-order valence-corrected chi connectivity index (χ0v) is 9.66. The molecule has 0 radical (unpaired) electrons. The lowest BCUT2D eigenvalue weighted by atomic mass is 10.3. The lowest BCUT2D eigenvalue weighted by Crippen LogP contribution is -1.89. The first-order valence-electron chi connectivity index (χ1n) is 4.49. The smallest absolute Gasteiger partial charge is 0.149 e. The zero-order valence-electron chi connectivity index (χ0n) is 8.15. The van der Waals surface area contributed by atoms with Crippen LogP contribution in [0, 0.1) is 0 Å². The second kappa shape index (κ2) is 4.60. The third-order valence-corrected chi connectivity index (χ3v) is 2.49. The fraction of sp³-hybridized carbons (Fsp3) is 0. The van der Waals surface area contributed by atoms with Crippen molar-refractivity contribution in [2.45, 2.75) is 0 Å². The number of rotatable bonds is 2. The van der Waals surface area contributed by atoms with Gasteiger partial charge in [0.05, 0.1) is 5.02 Å². The van der Waals surface area contributed by atoms with E-state index >= 15 is 0 Å². The predicted octanol–water partition coefficient (Wildman–Crippen LogP) is 3.76. The molecule has 5 heteroatoms. The molecule has 0 unspecified atom stereocenters. The maximum absolute atomic E-state index is 5.97. The third-order valence-electron chi connectivity index (χ3n) is 1.91. The molecule has 2 rings (SSSR count). The highest BCUT2D eigenvalue weighted by atomic mass is 35.5. The van der Waals surface area contributed by atoms with E-state index in [2.05, 4.69) is 4.98 Å². The van der Waals surface area contributed by atoms with Gasteiger partial charge < -0.3 is 10.5 Å². The van der Waals surface area contributed by atoms with E-state index in [4.69, 9.17) is 33.7 Å². The summed E-state index contributed by atoms with van der Waals surface area (Å²) in [4.78, 5) is 3.86. The van der Waals surface area contributed by atoms with E-state index in [1.165, 1.54) is 6.20 Å². The van der Waals surface area contributed by atoms with E-state index in [1.54, 1.807) is 30.5 Å². The molecule has 3 nitrogen and oxygen atoms in total. The van der Waals surface area contributed by atoms with Crippen molar-refractivity contribution < 1.29 is 4.74 Å². The number of nitrogens with two attached hydrogens (primary N) is 1. The molecular formula is C11H8Cl2N2O. The molecule has 0 saturated carbocycles. The van der Waals surface area contributed by atoms with Gasteiger partial charge in [0.1, 0.15) is 16.5 Å². The SMILES string of the molecule is Nc1ccc(Oc2ccncc2Cl)c(Cl)c1. The Balaban J connectivity index is 2.31. The van der Waals surface area contributed by atoms with Gasteiger partial charge >= 0.3 is 0 Å². The maximum atomic E-state index is 5.97. The van der Waals surface area contributed by atoms with Gasteiger partial charge in [-0.15, -0.1) is 0 Å². The molecule has 1 aromatic carbocycles. The van der Waals surface area contributed by atoms with Crippen molar-refractivity contribution in [1.29, 1.82) is 0 Å². The van der Waals surface area contributed by atoms with Gasteiger partial charge in [0, 0.05) is 24.1 Å². The van der Waals surface area contributed by atoms with Crippen LogP contribution in [0.2, 0.25) is 10.0 Å². The van der Waals surface area contributed by atoms with Crippen LogP contribution in [0.3, 0.4) is 0 Å². The number of hydrogen-bond donors (Lipinski definition) is 1. The van der Waals surface area contributed by atoms with Crippen LogP contribution >= 0.6 is 23.2 Å². The molecule has 0 bridgehead atoms. The lowest BCUT2D eigenvalue weighted by molar-refractivity contribution is 0.482. The van der Waals surface area contributed by atoms with Crippen molar-refractivity contribution in [2.24, 2.45) is 0 Å². The molecule has 0 atom stereocenters. The molecule has 0 aliphatic carbocycles. The van der Waals surface area contributed by atoms with E-state index in [0.29, 0.717) is 27.2 Å². The van der Waals surface area contributed by atoms with Gasteiger partial charge in [-0.25, -0.2) is 0 Å². The first-order chi connectivity index (χ1) is 7.66. The second-order valence-electron chi connectivity index (χ2n) is 3.10. The number of nitrogens with zero attached hydrogens (tertiary/aromatic N) is 1. The molecule has 1 aromatic heterocycles. The lowest BCUT2D eigenvalue weighted by Gasteiger charge is -2.08. The number of aromatic nitrogens is 1. The topological polar surface area (TPSA) is 48.1 Å². The molecule has 0 saturated heterocycles. The van der Waals surface area contributed by atoms with Crippen molar-refractivity contribution in [1.82, 2.24) is 4.98 Å². The first kappa shape index (κ1) is 11.0. The summed E-state index contributed by atoms with van der Waals surface area (Å²) in [5.74, 6) is 1.01. The molecule has 0 aliphatic heterocycles. The van der Waals surface area contributed by atoms with E-state index < -0.39 is 0 Å². The Hall–Kier alpha value is -1.45. The van der Waals surface area contributed by atoms with Crippen LogP contribution in [-0.2, 0) is 0 Å². The van der Waals surface area contributed by atoms with Crippen molar-refractivity contribution in [3.8, 4) is 11.5 Å². The summed E-state index contributed by atoms with van der Waals surface area (Å²) in [6.07, 6.45) is 3.09. The Morgan fingerprint density at radius 3 is 2.50 bits per heavy atom. The van der Waals surface area contributed by atoms with Gasteiger partial charge in [0.15, 0.2) is 0 Å². The highest BCUT2D eigenvalue weighted by molar-refractivity contribution is 6.33. The van der Waals surface area contributed by atoms with Crippen LogP contribution in [0.1, 0.15) is 0 Å². The van der Waals surface area contributed by atoms with Gasteiger partial charge in [-0.05, 0) is 18.2 Å². The van der Waals surface area contributed by atoms with E-state index in [0.717, 1.165) is 0 Å². The van der Waals surface area contributed by atoms with Gasteiger partial charge in [-0.1, -0.05) is 23.2 Å². The first-order valence-corrected chi connectivity index (χ1v) is 5.25. The Morgan fingerprint density at radius 1 is 1.06 bits per heavy atom. The van der Waals surface area contributed by atoms with Crippen molar-refractivity contribution in [2.75, 3.05) is 5.73 Å². The molecule has 0 amide bonds. The van der Waals surface area contributed by atoms with E-state index in [9.17, 15) is 0 Å². The summed E-state index contributed by atoms with van der Waals surface area (Å²) < 4.78 is 5.54. The van der Waals surface area contributed by atoms with Crippen LogP contribution < -0.4 is 10.5 Å². The zero-order chi connectivity index (χ0) is 11.5. The summed E-state index contributed by atoms with van der Waals surface area (Å²) in [5.41, 5.74) is 6.16. The molecule has 2 aromatic rings. The van der Waals surface area contributed by atoms with Crippen LogP contribution in [0.5, 0.6) is 11.5 Å². The summed E-state index contributed by atoms with van der Waals surface area (Å²) in [6.45, 7) is 0. The summed E-state index contributed by atoms with van der Waals surface area (Å²) in [5, 5.41) is 0.864. The number of nitrogen functional groups attached to an aromatic ring is 1. The number of pyridine rings is 1. The van der Waals surface area contributed by atoms with Crippen molar-refractivity contribution >= 4 is 28.9 Å². The Kier molecular flexibility index (Phi) is 3.17. The van der Waals surface area contributed by atoms with Gasteiger partial charge in [-0.2, -0.15) is 0 Å². The highest BCUT2D eigenvalue weighted by Crippen LogP contribution is 2.33. The molecule has 16 heavy (non-hydrogen) atoms. The summed E-state index contributed by atoms with van der Waals surface area (Å²) in [7, 11) is 0. The van der Waals surface area contributed by atoms with Gasteiger partial charge in [0.2, 0.25) is 0 Å². The van der Waals surface area contributed by atoms with Gasteiger partial charge in [-0.3, -0.25) is 4.98 Å². The summed E-state index contributed by atoms with van der Waals surface area (Å²) in [6, 6.07) is 6.67. The van der Waals surface area contributed by atoms with Crippen LogP contribution in [0.15, 0.2) is 36.7 Å². The van der Waals surface area contributed by atoms with E-state index in [1.807, 2.05) is 0 Å². The standard InChI is InChI=1S/C11H8Cl2N2O/c12-8-5-7(14)1-2-10(8)16-11-3-4-15-6-9(11)13/h1-6H,14H2. The summed E-state index contributed by atoms with van der Waals surface area (Å²) >= 11 is 11.9. The average molecular weight is 255 g/mol. The van der Waals surface area contributed by atoms with Crippen LogP contribution in [0.25, 0.3) is 0 Å². The molecule has 82 valence electrons. The third kappa shape index (κ3) is 2.38. The number of hydrogen-bond acceptors (Lipinski definition) is 3. The normalized spacial score (nSPS) is 10.1. The van der Waals surface area contributed by atoms with Crippen molar-refractivity contribution in [3.05, 3.63) is 46.7 Å². The Labute approximate surface area is 103 Å². The average Bonchev–Trinajstić information content (AvgIpc) is 2.25. The van der Waals surface area contributed by atoms with Crippen LogP contribution in [0.4, 0.5) is 5.69 Å². The molecular weight excluding hydrogens is 247 g/mol. The molecule has 0 spiro atoms. The maximum Gasteiger partial charge on any atom is 0.149 e. The molecule has 0 aliphatic rings. The Bertz CT molecular complexity index is 517. The number of benzene rings is 1. The minimum Gasteiger partial charge on any atom is -0.454 e. The fourth-order valence-electron chi connectivity index (χ4n) is 1.16. The monoisotopic (exact) mass is 254 g/mol. The van der Waals surface area contributed by atoms with E-state index in [-0.39, 0.29) is 0 Å². The molecule has 0 fully saturated rings. The minimum atomic E-state index is 0.426. The van der Waals surface area contributed by atoms with Gasteiger partial charge in [0.25, 0.3) is 0 Å². The minimum absolute atomic E-state index is 0.426. The second-order valence-corrected chi connectivity index (χ2v) is 3.91. The Morgan fingerprint density at radius 2 is 1.81 bits per heavy atom. The van der Waals surface area contributed by atoms with Crippen LogP contribution in [-0.4, -0.2) is 4.98 Å². The number of ether oxygens (including phenoxy) is 1. The number of halogens is 2.